The van der Waals surface area contributed by atoms with Gasteiger partial charge in [-0.2, -0.15) is 5.10 Å². The van der Waals surface area contributed by atoms with E-state index in [0.29, 0.717) is 18.8 Å². The van der Waals surface area contributed by atoms with Crippen molar-refractivity contribution in [3.8, 4) is 0 Å². The molecule has 1 fully saturated rings. The molecule has 1 amide bonds. The van der Waals surface area contributed by atoms with Crippen molar-refractivity contribution in [1.82, 2.24) is 14.7 Å². The largest absolute Gasteiger partial charge is 0.399 e. The number of anilines is 2. The first-order valence-electron chi connectivity index (χ1n) is 7.03. The first-order chi connectivity index (χ1) is 10.1. The fraction of sp³-hybridized carbons (Fsp3) is 0.333. The number of hydrogen-bond donors (Lipinski definition) is 1. The van der Waals surface area contributed by atoms with Gasteiger partial charge in [-0.3, -0.25) is 9.48 Å². The molecule has 1 saturated heterocycles. The SMILES string of the molecule is Cn1ccc(C(=O)N2CCN(c3cccc(N)c3)CC2)n1. The highest BCUT2D eigenvalue weighted by atomic mass is 16.2. The van der Waals surface area contributed by atoms with Crippen molar-refractivity contribution in [2.24, 2.45) is 7.05 Å². The van der Waals surface area contributed by atoms with Gasteiger partial charge in [-0.05, 0) is 24.3 Å². The summed E-state index contributed by atoms with van der Waals surface area (Å²) >= 11 is 0. The Morgan fingerprint density at radius 2 is 1.95 bits per heavy atom. The number of nitrogens with two attached hydrogens (primary N) is 1. The van der Waals surface area contributed by atoms with Gasteiger partial charge in [0.05, 0.1) is 0 Å². The Morgan fingerprint density at radius 1 is 1.19 bits per heavy atom. The summed E-state index contributed by atoms with van der Waals surface area (Å²) in [5.41, 5.74) is 8.20. The first-order valence-corrected chi connectivity index (χ1v) is 7.03. The second-order valence-electron chi connectivity index (χ2n) is 5.25. The molecule has 6 nitrogen and oxygen atoms in total. The second-order valence-corrected chi connectivity index (χ2v) is 5.25. The molecule has 1 aromatic carbocycles. The number of rotatable bonds is 2. The Balaban J connectivity index is 1.64. The number of carbonyl (C=O) groups is 1. The van der Waals surface area contributed by atoms with Crippen LogP contribution in [0, 0.1) is 0 Å². The van der Waals surface area contributed by atoms with Crippen LogP contribution in [0.25, 0.3) is 0 Å². The summed E-state index contributed by atoms with van der Waals surface area (Å²) < 4.78 is 1.65. The van der Waals surface area contributed by atoms with Gasteiger partial charge in [-0.1, -0.05) is 6.07 Å². The van der Waals surface area contributed by atoms with Crippen molar-refractivity contribution in [2.45, 2.75) is 0 Å². The van der Waals surface area contributed by atoms with Gasteiger partial charge in [0.1, 0.15) is 5.69 Å². The molecular weight excluding hydrogens is 266 g/mol. The molecule has 0 aliphatic carbocycles. The van der Waals surface area contributed by atoms with Gasteiger partial charge >= 0.3 is 0 Å². The predicted molar refractivity (Wildman–Crippen MR) is 82.2 cm³/mol. The molecule has 6 heteroatoms. The predicted octanol–water partition coefficient (Wildman–Crippen LogP) is 0.965. The lowest BCUT2D eigenvalue weighted by Gasteiger charge is -2.35. The molecule has 0 radical (unpaired) electrons. The molecule has 2 heterocycles. The maximum absolute atomic E-state index is 12.3. The molecule has 0 saturated carbocycles. The standard InChI is InChI=1S/C15H19N5O/c1-18-6-5-14(17-18)15(21)20-9-7-19(8-10-20)13-4-2-3-12(16)11-13/h2-6,11H,7-10,16H2,1H3. The Morgan fingerprint density at radius 3 is 2.57 bits per heavy atom. The summed E-state index contributed by atoms with van der Waals surface area (Å²) in [7, 11) is 1.81. The van der Waals surface area contributed by atoms with Gasteiger partial charge in [0, 0.05) is 50.8 Å². The van der Waals surface area contributed by atoms with E-state index in [4.69, 9.17) is 5.73 Å². The monoisotopic (exact) mass is 285 g/mol. The molecule has 0 bridgehead atoms. The van der Waals surface area contributed by atoms with E-state index < -0.39 is 0 Å². The lowest BCUT2D eigenvalue weighted by molar-refractivity contribution is 0.0740. The molecule has 110 valence electrons. The molecule has 0 atom stereocenters. The van der Waals surface area contributed by atoms with Crippen molar-refractivity contribution >= 4 is 17.3 Å². The third-order valence-corrected chi connectivity index (χ3v) is 3.73. The summed E-state index contributed by atoms with van der Waals surface area (Å²) in [5.74, 6) is 0.00262. The van der Waals surface area contributed by atoms with Crippen LogP contribution in [-0.4, -0.2) is 46.8 Å². The van der Waals surface area contributed by atoms with Crippen molar-refractivity contribution < 1.29 is 4.79 Å². The highest BCUT2D eigenvalue weighted by Crippen LogP contribution is 2.19. The fourth-order valence-electron chi connectivity index (χ4n) is 2.58. The maximum atomic E-state index is 12.3. The number of hydrogen-bond acceptors (Lipinski definition) is 4. The topological polar surface area (TPSA) is 67.4 Å². The Kier molecular flexibility index (Phi) is 3.51. The summed E-state index contributed by atoms with van der Waals surface area (Å²) in [6.45, 7) is 3.01. The zero-order valence-electron chi connectivity index (χ0n) is 12.1. The Bertz CT molecular complexity index is 643. The average molecular weight is 285 g/mol. The highest BCUT2D eigenvalue weighted by molar-refractivity contribution is 5.92. The molecule has 2 aromatic rings. The smallest absolute Gasteiger partial charge is 0.274 e. The summed E-state index contributed by atoms with van der Waals surface area (Å²) in [6, 6.07) is 9.61. The lowest BCUT2D eigenvalue weighted by Crippen LogP contribution is -2.48. The van der Waals surface area contributed by atoms with E-state index in [9.17, 15) is 4.79 Å². The summed E-state index contributed by atoms with van der Waals surface area (Å²) in [4.78, 5) is 16.4. The van der Waals surface area contributed by atoms with Gasteiger partial charge < -0.3 is 15.5 Å². The lowest BCUT2D eigenvalue weighted by atomic mass is 10.2. The molecular formula is C15H19N5O. The minimum atomic E-state index is 0.00262. The number of carbonyl (C=O) groups excluding carboxylic acids is 1. The summed E-state index contributed by atoms with van der Waals surface area (Å²) in [5, 5.41) is 4.17. The van der Waals surface area contributed by atoms with Crippen LogP contribution in [-0.2, 0) is 7.05 Å². The zero-order valence-corrected chi connectivity index (χ0v) is 12.1. The van der Waals surface area contributed by atoms with E-state index in [2.05, 4.69) is 10.00 Å². The fourth-order valence-corrected chi connectivity index (χ4v) is 2.58. The number of benzene rings is 1. The van der Waals surface area contributed by atoms with Gasteiger partial charge in [0.25, 0.3) is 5.91 Å². The molecule has 1 aliphatic rings. The van der Waals surface area contributed by atoms with Gasteiger partial charge in [-0.15, -0.1) is 0 Å². The minimum Gasteiger partial charge on any atom is -0.399 e. The van der Waals surface area contributed by atoms with Crippen LogP contribution >= 0.6 is 0 Å². The number of aromatic nitrogens is 2. The number of aryl methyl sites for hydroxylation is 1. The van der Waals surface area contributed by atoms with Gasteiger partial charge in [0.15, 0.2) is 0 Å². The molecule has 21 heavy (non-hydrogen) atoms. The second kappa shape index (κ2) is 5.47. The van der Waals surface area contributed by atoms with Crippen molar-refractivity contribution in [3.63, 3.8) is 0 Å². The highest BCUT2D eigenvalue weighted by Gasteiger charge is 2.23. The maximum Gasteiger partial charge on any atom is 0.274 e. The third kappa shape index (κ3) is 2.84. The number of nitrogens with zero attached hydrogens (tertiary/aromatic N) is 4. The Labute approximate surface area is 123 Å². The van der Waals surface area contributed by atoms with E-state index in [0.717, 1.165) is 24.5 Å². The van der Waals surface area contributed by atoms with Crippen molar-refractivity contribution in [1.29, 1.82) is 0 Å². The normalized spacial score (nSPS) is 15.3. The van der Waals surface area contributed by atoms with E-state index in [1.165, 1.54) is 0 Å². The molecule has 3 rings (SSSR count). The Hall–Kier alpha value is -2.50. The zero-order chi connectivity index (χ0) is 14.8. The summed E-state index contributed by atoms with van der Waals surface area (Å²) in [6.07, 6.45) is 1.79. The van der Waals surface area contributed by atoms with Crippen LogP contribution in [0.3, 0.4) is 0 Å². The number of piperazine rings is 1. The van der Waals surface area contributed by atoms with Crippen molar-refractivity contribution in [2.75, 3.05) is 36.8 Å². The van der Waals surface area contributed by atoms with Crippen LogP contribution < -0.4 is 10.6 Å². The van der Waals surface area contributed by atoms with E-state index in [-0.39, 0.29) is 5.91 Å². The van der Waals surface area contributed by atoms with Crippen molar-refractivity contribution in [3.05, 3.63) is 42.2 Å². The quantitative estimate of drug-likeness (QED) is 0.835. The van der Waals surface area contributed by atoms with E-state index in [1.807, 2.05) is 36.2 Å². The molecule has 1 aromatic heterocycles. The number of nitrogen functional groups attached to an aromatic ring is 1. The molecule has 2 N–H and O–H groups in total. The first kappa shape index (κ1) is 13.5. The van der Waals surface area contributed by atoms with Gasteiger partial charge in [-0.25, -0.2) is 0 Å². The van der Waals surface area contributed by atoms with Crippen LogP contribution in [0.4, 0.5) is 11.4 Å². The molecule has 0 unspecified atom stereocenters. The van der Waals surface area contributed by atoms with E-state index >= 15 is 0 Å². The number of amides is 1. The minimum absolute atomic E-state index is 0.00262. The third-order valence-electron chi connectivity index (χ3n) is 3.73. The van der Waals surface area contributed by atoms with Crippen LogP contribution in [0.2, 0.25) is 0 Å². The van der Waals surface area contributed by atoms with Gasteiger partial charge in [0.2, 0.25) is 0 Å². The van der Waals surface area contributed by atoms with Crippen LogP contribution in [0.5, 0.6) is 0 Å². The average Bonchev–Trinajstić information content (AvgIpc) is 2.93. The van der Waals surface area contributed by atoms with E-state index in [1.54, 1.807) is 16.9 Å². The molecule has 0 spiro atoms. The van der Waals surface area contributed by atoms with Crippen LogP contribution in [0.15, 0.2) is 36.5 Å². The molecule has 1 aliphatic heterocycles. The van der Waals surface area contributed by atoms with Crippen LogP contribution in [0.1, 0.15) is 10.5 Å².